The van der Waals surface area contributed by atoms with E-state index in [1.807, 2.05) is 24.3 Å². The monoisotopic (exact) mass is 434 g/mol. The molecule has 0 aliphatic heterocycles. The molecule has 3 rings (SSSR count). The van der Waals surface area contributed by atoms with E-state index in [-0.39, 0.29) is 10.1 Å². The van der Waals surface area contributed by atoms with Crippen molar-refractivity contribution in [3.63, 3.8) is 0 Å². The molecule has 0 heterocycles. The molecule has 0 saturated carbocycles. The van der Waals surface area contributed by atoms with Gasteiger partial charge in [0.1, 0.15) is 0 Å². The molecule has 0 aromatic heterocycles. The lowest BCUT2D eigenvalue weighted by atomic mass is 9.93. The maximum absolute atomic E-state index is 9.73. The van der Waals surface area contributed by atoms with Crippen molar-refractivity contribution in [2.45, 2.75) is 38.5 Å². The zero-order chi connectivity index (χ0) is 21.3. The fourth-order valence-electron chi connectivity index (χ4n) is 3.75. The predicted molar refractivity (Wildman–Crippen MR) is 132 cm³/mol. The lowest BCUT2D eigenvalue weighted by Crippen LogP contribution is -2.06. The molecule has 0 saturated heterocycles. The molecule has 0 radical (unpaired) electrons. The van der Waals surface area contributed by atoms with Gasteiger partial charge in [-0.05, 0) is 83.5 Å². The van der Waals surface area contributed by atoms with E-state index in [0.717, 1.165) is 36.8 Å². The topological polar surface area (TPSA) is 40.5 Å². The summed E-state index contributed by atoms with van der Waals surface area (Å²) in [5.41, 5.74) is 7.11. The van der Waals surface area contributed by atoms with Crippen molar-refractivity contribution in [2.24, 2.45) is 0 Å². The molecule has 0 aliphatic rings. The zero-order valence-corrected chi connectivity index (χ0v) is 18.5. The standard InChI is InChI=1S/C26H26O2S2/c27-25(29)17-23-9-5-4-8-21(23)14-11-20-12-15-22(24(16-20)18-26(28)30)13-10-19-6-2-1-3-7-19/h1-9,12,15-16H,10-11,13-14,17-18H2,(H,27,29)(H,28,30). The van der Waals surface area contributed by atoms with Gasteiger partial charge in [-0.25, -0.2) is 0 Å². The lowest BCUT2D eigenvalue weighted by Gasteiger charge is -2.13. The molecule has 3 aromatic rings. The summed E-state index contributed by atoms with van der Waals surface area (Å²) < 4.78 is 0. The van der Waals surface area contributed by atoms with Crippen LogP contribution in [0.25, 0.3) is 0 Å². The quantitative estimate of drug-likeness (QED) is 0.378. The van der Waals surface area contributed by atoms with Crippen LogP contribution in [0.1, 0.15) is 33.4 Å². The first-order valence-corrected chi connectivity index (χ1v) is 11.0. The first-order chi connectivity index (χ1) is 14.5. The van der Waals surface area contributed by atoms with Crippen LogP contribution in [0.15, 0.2) is 72.8 Å². The summed E-state index contributed by atoms with van der Waals surface area (Å²) in [6.45, 7) is 0. The minimum Gasteiger partial charge on any atom is -0.502 e. The van der Waals surface area contributed by atoms with E-state index in [2.05, 4.69) is 48.5 Å². The summed E-state index contributed by atoms with van der Waals surface area (Å²) in [7, 11) is 0. The highest BCUT2D eigenvalue weighted by atomic mass is 32.1. The normalized spacial score (nSPS) is 10.7. The number of hydrogen-bond acceptors (Lipinski definition) is 2. The second-order valence-electron chi connectivity index (χ2n) is 7.50. The highest BCUT2D eigenvalue weighted by molar-refractivity contribution is 7.80. The van der Waals surface area contributed by atoms with Gasteiger partial charge in [0, 0.05) is 12.8 Å². The molecule has 0 unspecified atom stereocenters. The second-order valence-corrected chi connectivity index (χ2v) is 8.44. The van der Waals surface area contributed by atoms with Crippen LogP contribution >= 0.6 is 24.4 Å². The number of aliphatic hydroxyl groups excluding tert-OH is 2. The SMILES string of the molecule is OC(=S)Cc1ccccc1CCc1ccc(CCc2ccccc2)c(CC(O)=S)c1. The van der Waals surface area contributed by atoms with E-state index in [4.69, 9.17) is 24.4 Å². The Bertz CT molecular complexity index is 1010. The van der Waals surface area contributed by atoms with Gasteiger partial charge in [-0.2, -0.15) is 0 Å². The number of hydrogen-bond donors (Lipinski definition) is 2. The van der Waals surface area contributed by atoms with Crippen molar-refractivity contribution in [3.05, 3.63) is 106 Å². The molecule has 3 aromatic carbocycles. The van der Waals surface area contributed by atoms with Crippen molar-refractivity contribution in [2.75, 3.05) is 0 Å². The van der Waals surface area contributed by atoms with Gasteiger partial charge in [-0.3, -0.25) is 0 Å². The molecule has 0 atom stereocenters. The third-order valence-corrected chi connectivity index (χ3v) is 5.57. The van der Waals surface area contributed by atoms with Crippen LogP contribution in [0.2, 0.25) is 0 Å². The van der Waals surface area contributed by atoms with Crippen LogP contribution in [0.3, 0.4) is 0 Å². The lowest BCUT2D eigenvalue weighted by molar-refractivity contribution is 0.554. The van der Waals surface area contributed by atoms with E-state index in [9.17, 15) is 10.2 Å². The average molecular weight is 435 g/mol. The summed E-state index contributed by atoms with van der Waals surface area (Å²) in [5, 5.41) is 19.3. The number of thiocarbonyl (C=S) groups is 2. The molecule has 4 heteroatoms. The Morgan fingerprint density at radius 2 is 1.07 bits per heavy atom. The van der Waals surface area contributed by atoms with E-state index in [1.165, 1.54) is 22.3 Å². The maximum atomic E-state index is 9.73. The molecule has 154 valence electrons. The van der Waals surface area contributed by atoms with Crippen molar-refractivity contribution < 1.29 is 10.2 Å². The van der Waals surface area contributed by atoms with Crippen LogP contribution in [0.5, 0.6) is 0 Å². The maximum Gasteiger partial charge on any atom is 0.160 e. The molecular weight excluding hydrogens is 408 g/mol. The Hall–Kier alpha value is -2.56. The molecular formula is C26H26O2S2. The minimum atomic E-state index is 0.0176. The molecule has 0 spiro atoms. The Balaban J connectivity index is 1.73. The van der Waals surface area contributed by atoms with Crippen LogP contribution in [-0.4, -0.2) is 20.3 Å². The molecule has 30 heavy (non-hydrogen) atoms. The van der Waals surface area contributed by atoms with E-state index < -0.39 is 0 Å². The first-order valence-electron chi connectivity index (χ1n) is 10.2. The third-order valence-electron chi connectivity index (χ3n) is 5.28. The van der Waals surface area contributed by atoms with Gasteiger partial charge in [0.25, 0.3) is 0 Å². The first kappa shape index (κ1) is 22.1. The van der Waals surface area contributed by atoms with E-state index in [0.29, 0.717) is 12.8 Å². The van der Waals surface area contributed by atoms with Crippen LogP contribution in [0, 0.1) is 0 Å². The van der Waals surface area contributed by atoms with Gasteiger partial charge in [-0.15, -0.1) is 0 Å². The Morgan fingerprint density at radius 3 is 1.73 bits per heavy atom. The van der Waals surface area contributed by atoms with Gasteiger partial charge < -0.3 is 10.2 Å². The molecule has 2 N–H and O–H groups in total. The fourth-order valence-corrected chi connectivity index (χ4v) is 4.06. The number of benzene rings is 3. The average Bonchev–Trinajstić information content (AvgIpc) is 2.72. The van der Waals surface area contributed by atoms with Crippen LogP contribution in [0.4, 0.5) is 0 Å². The summed E-state index contributed by atoms with van der Waals surface area (Å²) in [6.07, 6.45) is 4.43. The summed E-state index contributed by atoms with van der Waals surface area (Å²) in [4.78, 5) is 0. The Morgan fingerprint density at radius 1 is 0.533 bits per heavy atom. The summed E-state index contributed by atoms with van der Waals surface area (Å²) in [5.74, 6) is 0. The number of aryl methyl sites for hydroxylation is 4. The van der Waals surface area contributed by atoms with E-state index >= 15 is 0 Å². The van der Waals surface area contributed by atoms with Gasteiger partial charge >= 0.3 is 0 Å². The number of aliphatic hydroxyl groups is 2. The second kappa shape index (κ2) is 11.0. The highest BCUT2D eigenvalue weighted by Gasteiger charge is 2.09. The molecule has 0 aliphatic carbocycles. The van der Waals surface area contributed by atoms with Gasteiger partial charge in [0.2, 0.25) is 0 Å². The van der Waals surface area contributed by atoms with Gasteiger partial charge in [0.05, 0.1) is 0 Å². The van der Waals surface area contributed by atoms with Gasteiger partial charge in [0.15, 0.2) is 10.1 Å². The largest absolute Gasteiger partial charge is 0.502 e. The van der Waals surface area contributed by atoms with Gasteiger partial charge in [-0.1, -0.05) is 72.8 Å². The summed E-state index contributed by atoms with van der Waals surface area (Å²) >= 11 is 9.84. The highest BCUT2D eigenvalue weighted by Crippen LogP contribution is 2.19. The fraction of sp³-hybridized carbons (Fsp3) is 0.231. The van der Waals surface area contributed by atoms with Crippen molar-refractivity contribution in [1.82, 2.24) is 0 Å². The van der Waals surface area contributed by atoms with Crippen LogP contribution in [-0.2, 0) is 38.5 Å². The third kappa shape index (κ3) is 6.75. The predicted octanol–water partition coefficient (Wildman–Crippen LogP) is 6.11. The minimum absolute atomic E-state index is 0.0176. The van der Waals surface area contributed by atoms with Crippen molar-refractivity contribution in [1.29, 1.82) is 0 Å². The smallest absolute Gasteiger partial charge is 0.160 e. The summed E-state index contributed by atoms with van der Waals surface area (Å²) in [6, 6.07) is 25.0. The van der Waals surface area contributed by atoms with Crippen LogP contribution < -0.4 is 0 Å². The number of rotatable bonds is 10. The molecule has 0 fully saturated rings. The van der Waals surface area contributed by atoms with Crippen molar-refractivity contribution >= 4 is 34.5 Å². The molecule has 2 nitrogen and oxygen atoms in total. The molecule has 0 amide bonds. The Labute approximate surface area is 189 Å². The zero-order valence-electron chi connectivity index (χ0n) is 16.9. The molecule has 0 bridgehead atoms. The Kier molecular flexibility index (Phi) is 8.12. The van der Waals surface area contributed by atoms with E-state index in [1.54, 1.807) is 0 Å². The van der Waals surface area contributed by atoms with Crippen molar-refractivity contribution in [3.8, 4) is 0 Å².